The fourth-order valence-corrected chi connectivity index (χ4v) is 1.67. The molecule has 0 atom stereocenters. The average molecular weight is 281 g/mol. The summed E-state index contributed by atoms with van der Waals surface area (Å²) in [6.07, 6.45) is 0. The molecule has 5 nitrogen and oxygen atoms in total. The van der Waals surface area contributed by atoms with Gasteiger partial charge in [0.2, 0.25) is 0 Å². The minimum Gasteiger partial charge on any atom is -0.203 e. The van der Waals surface area contributed by atoms with Crippen molar-refractivity contribution in [1.29, 1.82) is 0 Å². The van der Waals surface area contributed by atoms with E-state index >= 15 is 0 Å². The fraction of sp³-hybridized carbons (Fsp3) is 1.00. The first-order chi connectivity index (χ1) is 6.31. The normalized spacial score (nSPS) is 15.3. The van der Waals surface area contributed by atoms with Crippen LogP contribution in [0.15, 0.2) is 0 Å². The lowest BCUT2D eigenvalue weighted by Crippen LogP contribution is -2.53. The molecule has 0 radical (unpaired) electrons. The van der Waals surface area contributed by atoms with Crippen LogP contribution in [0.25, 0.3) is 0 Å². The maximum atomic E-state index is 12.2. The van der Waals surface area contributed by atoms with Gasteiger partial charge in [-0.15, -0.1) is 4.48 Å². The summed E-state index contributed by atoms with van der Waals surface area (Å²) in [5, 5.41) is -13.1. The van der Waals surface area contributed by atoms with Crippen LogP contribution in [0.5, 0.6) is 0 Å². The van der Waals surface area contributed by atoms with Crippen molar-refractivity contribution in [2.45, 2.75) is 10.5 Å². The predicted octanol–water partition coefficient (Wildman–Crippen LogP) is 0.275. The Morgan fingerprint density at radius 2 is 1.20 bits per heavy atom. The summed E-state index contributed by atoms with van der Waals surface area (Å²) in [7, 11) is -13.9. The molecule has 0 saturated carbocycles. The molecular formula is C2HF6NO4S2. The summed E-state index contributed by atoms with van der Waals surface area (Å²) in [5.41, 5.74) is 0. The third-order valence-electron chi connectivity index (χ3n) is 1.08. The average Bonchev–Trinajstić information content (AvgIpc) is 2.01. The molecule has 0 rings (SSSR count). The van der Waals surface area contributed by atoms with E-state index in [2.05, 4.69) is 0 Å². The Morgan fingerprint density at radius 3 is 1.40 bits per heavy atom. The van der Waals surface area contributed by atoms with Crippen LogP contribution in [-0.2, 0) is 20.2 Å². The SMILES string of the molecule is O=S(=O)(F)C(F)(F)C(F)(F)S(=O)(=O)NF. The molecule has 0 spiro atoms. The molecule has 0 amide bonds. The van der Waals surface area contributed by atoms with E-state index in [1.807, 2.05) is 0 Å². The van der Waals surface area contributed by atoms with Crippen LogP contribution in [-0.4, -0.2) is 27.3 Å². The van der Waals surface area contributed by atoms with Crippen molar-refractivity contribution in [2.24, 2.45) is 0 Å². The van der Waals surface area contributed by atoms with Gasteiger partial charge in [-0.25, -0.2) is 8.42 Å². The molecule has 1 N–H and O–H groups in total. The number of hydrogen-bond acceptors (Lipinski definition) is 4. The van der Waals surface area contributed by atoms with E-state index in [4.69, 9.17) is 0 Å². The summed E-state index contributed by atoms with van der Waals surface area (Å²) in [6, 6.07) is 0. The first-order valence-electron chi connectivity index (χ1n) is 2.63. The third-order valence-corrected chi connectivity index (χ3v) is 3.22. The third kappa shape index (κ3) is 2.03. The highest BCUT2D eigenvalue weighted by Gasteiger charge is 2.74. The van der Waals surface area contributed by atoms with Gasteiger partial charge in [0.15, 0.2) is 0 Å². The van der Waals surface area contributed by atoms with Crippen molar-refractivity contribution in [1.82, 2.24) is 4.94 Å². The zero-order valence-electron chi connectivity index (χ0n) is 6.22. The number of hydrogen-bond donors (Lipinski definition) is 1. The largest absolute Gasteiger partial charge is 0.453 e. The summed E-state index contributed by atoms with van der Waals surface area (Å²) >= 11 is 0. The van der Waals surface area contributed by atoms with Gasteiger partial charge < -0.3 is 0 Å². The van der Waals surface area contributed by atoms with E-state index in [1.165, 1.54) is 0 Å². The van der Waals surface area contributed by atoms with Crippen molar-refractivity contribution in [3.63, 3.8) is 0 Å². The molecule has 0 bridgehead atoms. The molecule has 0 aliphatic heterocycles. The van der Waals surface area contributed by atoms with Gasteiger partial charge in [-0.1, -0.05) is 3.89 Å². The lowest BCUT2D eigenvalue weighted by Gasteiger charge is -2.20. The van der Waals surface area contributed by atoms with Gasteiger partial charge >= 0.3 is 30.8 Å². The molecule has 92 valence electrons. The number of halogens is 6. The Bertz CT molecular complexity index is 438. The Morgan fingerprint density at radius 1 is 0.867 bits per heavy atom. The smallest absolute Gasteiger partial charge is 0.203 e. The first-order valence-corrected chi connectivity index (χ1v) is 5.49. The maximum Gasteiger partial charge on any atom is 0.453 e. The van der Waals surface area contributed by atoms with Crippen LogP contribution in [0.2, 0.25) is 0 Å². The van der Waals surface area contributed by atoms with Crippen LogP contribution in [0.1, 0.15) is 0 Å². The second kappa shape index (κ2) is 3.48. The van der Waals surface area contributed by atoms with Crippen molar-refractivity contribution in [3.05, 3.63) is 0 Å². The highest BCUT2D eigenvalue weighted by Crippen LogP contribution is 2.42. The van der Waals surface area contributed by atoms with E-state index in [0.29, 0.717) is 0 Å². The van der Waals surface area contributed by atoms with Crippen LogP contribution >= 0.6 is 0 Å². The van der Waals surface area contributed by atoms with E-state index < -0.39 is 35.7 Å². The van der Waals surface area contributed by atoms with Crippen LogP contribution in [0.4, 0.5) is 25.9 Å². The summed E-state index contributed by atoms with van der Waals surface area (Å²) < 4.78 is 111. The molecule has 0 aromatic heterocycles. The van der Waals surface area contributed by atoms with Crippen LogP contribution in [0.3, 0.4) is 0 Å². The van der Waals surface area contributed by atoms with Gasteiger partial charge in [-0.2, -0.15) is 26.0 Å². The van der Waals surface area contributed by atoms with Crippen LogP contribution in [0, 0.1) is 0 Å². The highest BCUT2D eigenvalue weighted by atomic mass is 32.3. The van der Waals surface area contributed by atoms with E-state index in [9.17, 15) is 42.8 Å². The number of rotatable bonds is 4. The molecule has 0 aliphatic rings. The first kappa shape index (κ1) is 14.4. The molecule has 13 heteroatoms. The van der Waals surface area contributed by atoms with E-state index in [-0.39, 0.29) is 0 Å². The summed E-state index contributed by atoms with van der Waals surface area (Å²) in [6.45, 7) is 0. The van der Waals surface area contributed by atoms with Crippen molar-refractivity contribution < 1.29 is 42.8 Å². The maximum absolute atomic E-state index is 12.2. The molecular weight excluding hydrogens is 280 g/mol. The van der Waals surface area contributed by atoms with Crippen LogP contribution < -0.4 is 4.94 Å². The van der Waals surface area contributed by atoms with Gasteiger partial charge in [0.1, 0.15) is 0 Å². The lowest BCUT2D eigenvalue weighted by atomic mass is 10.7. The van der Waals surface area contributed by atoms with Gasteiger partial charge in [-0.05, 0) is 4.94 Å². The van der Waals surface area contributed by atoms with E-state index in [0.717, 1.165) is 0 Å². The topological polar surface area (TPSA) is 80.3 Å². The predicted molar refractivity (Wildman–Crippen MR) is 33.1 cm³/mol. The molecule has 0 aliphatic carbocycles. The fourth-order valence-electron chi connectivity index (χ4n) is 0.347. The molecule has 0 heterocycles. The van der Waals surface area contributed by atoms with Crippen molar-refractivity contribution in [3.8, 4) is 0 Å². The Kier molecular flexibility index (Phi) is 3.35. The van der Waals surface area contributed by atoms with Crippen molar-refractivity contribution >= 4 is 20.2 Å². The molecule has 0 unspecified atom stereocenters. The Labute approximate surface area is 79.3 Å². The molecule has 0 fully saturated rings. The van der Waals surface area contributed by atoms with Gasteiger partial charge in [0.25, 0.3) is 0 Å². The van der Waals surface area contributed by atoms with Gasteiger partial charge in [0, 0.05) is 0 Å². The summed E-state index contributed by atoms with van der Waals surface area (Å²) in [5.74, 6) is 0. The van der Waals surface area contributed by atoms with Gasteiger partial charge in [0.05, 0.1) is 0 Å². The Balaban J connectivity index is 5.82. The second-order valence-electron chi connectivity index (χ2n) is 2.05. The zero-order chi connectivity index (χ0) is 12.7. The van der Waals surface area contributed by atoms with Crippen molar-refractivity contribution in [2.75, 3.05) is 0 Å². The minimum absolute atomic E-state index is 0.729. The molecule has 0 aromatic carbocycles. The zero-order valence-corrected chi connectivity index (χ0v) is 7.85. The lowest BCUT2D eigenvalue weighted by molar-refractivity contribution is -0.101. The monoisotopic (exact) mass is 281 g/mol. The highest BCUT2D eigenvalue weighted by molar-refractivity contribution is 7.93. The number of nitrogens with one attached hydrogen (secondary N) is 1. The molecule has 15 heavy (non-hydrogen) atoms. The number of sulfonamides is 1. The minimum atomic E-state index is -7.22. The standard InChI is InChI=1S/C2HF6NO4S2/c3-1(4,14(8,10)11)2(5,6)15(12,13)9-7/h9H. The van der Waals surface area contributed by atoms with E-state index in [1.54, 1.807) is 0 Å². The number of alkyl halides is 4. The summed E-state index contributed by atoms with van der Waals surface area (Å²) in [4.78, 5) is -0.729. The Hall–Kier alpha value is -0.560. The second-order valence-corrected chi connectivity index (χ2v) is 5.11. The molecule has 0 aromatic rings. The van der Waals surface area contributed by atoms with Gasteiger partial charge in [-0.3, -0.25) is 0 Å². The molecule has 0 saturated heterocycles. The quantitative estimate of drug-likeness (QED) is 0.456.